The number of unbranched alkanes of at least 4 members (excludes halogenated alkanes) is 3. The van der Waals surface area contributed by atoms with Gasteiger partial charge in [-0.1, -0.05) is 40.0 Å². The van der Waals surface area contributed by atoms with E-state index in [9.17, 15) is 0 Å². The van der Waals surface area contributed by atoms with Gasteiger partial charge in [-0.05, 0) is 44.1 Å². The topological polar surface area (TPSA) is 21.3 Å². The van der Waals surface area contributed by atoms with Crippen molar-refractivity contribution in [2.45, 2.75) is 71.8 Å². The maximum Gasteiger partial charge on any atom is 0.0594 e. The molecule has 0 spiro atoms. The predicted octanol–water partition coefficient (Wildman–Crippen LogP) is 4.00. The highest BCUT2D eigenvalue weighted by Gasteiger charge is 2.23. The lowest BCUT2D eigenvalue weighted by Gasteiger charge is -2.31. The van der Waals surface area contributed by atoms with E-state index in [2.05, 4.69) is 26.1 Å². The molecule has 2 heteroatoms. The molecular weight excluding hydrogens is 222 g/mol. The predicted molar refractivity (Wildman–Crippen MR) is 78.9 cm³/mol. The first kappa shape index (κ1) is 16.0. The average Bonchev–Trinajstić information content (AvgIpc) is 2.31. The van der Waals surface area contributed by atoms with Crippen LogP contribution in [0.5, 0.6) is 0 Å². The third-order valence-corrected chi connectivity index (χ3v) is 3.97. The standard InChI is InChI=1S/C16H33NO/c1-4-5-6-7-8-17-9-10-18-16-12-14(2)11-15(3)13-16/h14-17H,4-13H2,1-3H3. The van der Waals surface area contributed by atoms with Crippen LogP contribution in [0.2, 0.25) is 0 Å². The molecule has 0 heterocycles. The van der Waals surface area contributed by atoms with Gasteiger partial charge >= 0.3 is 0 Å². The molecule has 18 heavy (non-hydrogen) atoms. The van der Waals surface area contributed by atoms with Gasteiger partial charge < -0.3 is 10.1 Å². The second kappa shape index (κ2) is 9.80. The van der Waals surface area contributed by atoms with E-state index in [1.165, 1.54) is 44.9 Å². The zero-order chi connectivity index (χ0) is 13.2. The molecule has 1 N–H and O–H groups in total. The summed E-state index contributed by atoms with van der Waals surface area (Å²) in [7, 11) is 0. The van der Waals surface area contributed by atoms with Crippen LogP contribution in [0.25, 0.3) is 0 Å². The molecule has 2 atom stereocenters. The van der Waals surface area contributed by atoms with Gasteiger partial charge in [-0.15, -0.1) is 0 Å². The second-order valence-electron chi connectivity index (χ2n) is 6.22. The van der Waals surface area contributed by atoms with Gasteiger partial charge in [-0.3, -0.25) is 0 Å². The van der Waals surface area contributed by atoms with Crippen molar-refractivity contribution >= 4 is 0 Å². The SMILES string of the molecule is CCCCCCNCCOC1CC(C)CC(C)C1. The van der Waals surface area contributed by atoms with E-state index in [-0.39, 0.29) is 0 Å². The highest BCUT2D eigenvalue weighted by molar-refractivity contribution is 4.75. The van der Waals surface area contributed by atoms with Crippen LogP contribution >= 0.6 is 0 Å². The Labute approximate surface area is 114 Å². The fourth-order valence-corrected chi connectivity index (χ4v) is 3.11. The van der Waals surface area contributed by atoms with E-state index in [1.807, 2.05) is 0 Å². The first-order valence-electron chi connectivity index (χ1n) is 8.04. The summed E-state index contributed by atoms with van der Waals surface area (Å²) in [5.41, 5.74) is 0. The lowest BCUT2D eigenvalue weighted by Crippen LogP contribution is -2.29. The van der Waals surface area contributed by atoms with Crippen molar-refractivity contribution in [1.29, 1.82) is 0 Å². The molecule has 0 aromatic rings. The van der Waals surface area contributed by atoms with Crippen LogP contribution in [0, 0.1) is 11.8 Å². The Kier molecular flexibility index (Phi) is 8.70. The Morgan fingerprint density at radius 2 is 1.67 bits per heavy atom. The van der Waals surface area contributed by atoms with Crippen molar-refractivity contribution in [3.05, 3.63) is 0 Å². The smallest absolute Gasteiger partial charge is 0.0594 e. The van der Waals surface area contributed by atoms with Crippen molar-refractivity contribution in [3.8, 4) is 0 Å². The molecule has 0 radical (unpaired) electrons. The van der Waals surface area contributed by atoms with Crippen molar-refractivity contribution in [2.24, 2.45) is 11.8 Å². The van der Waals surface area contributed by atoms with Crippen LogP contribution in [0.1, 0.15) is 65.7 Å². The van der Waals surface area contributed by atoms with Crippen LogP contribution in [0.3, 0.4) is 0 Å². The van der Waals surface area contributed by atoms with Gasteiger partial charge in [0.2, 0.25) is 0 Å². The van der Waals surface area contributed by atoms with E-state index in [0.29, 0.717) is 6.10 Å². The Balaban J connectivity index is 1.91. The van der Waals surface area contributed by atoms with Gasteiger partial charge in [-0.25, -0.2) is 0 Å². The number of nitrogens with one attached hydrogen (secondary N) is 1. The summed E-state index contributed by atoms with van der Waals surface area (Å²) in [6.45, 7) is 10.0. The van der Waals surface area contributed by atoms with E-state index < -0.39 is 0 Å². The Bertz CT molecular complexity index is 186. The fraction of sp³-hybridized carbons (Fsp3) is 1.00. The zero-order valence-electron chi connectivity index (χ0n) is 12.7. The minimum absolute atomic E-state index is 0.519. The molecular formula is C16H33NO. The minimum Gasteiger partial charge on any atom is -0.377 e. The van der Waals surface area contributed by atoms with E-state index in [1.54, 1.807) is 0 Å². The Morgan fingerprint density at radius 3 is 2.33 bits per heavy atom. The number of hydrogen-bond donors (Lipinski definition) is 1. The molecule has 1 aliphatic carbocycles. The first-order valence-corrected chi connectivity index (χ1v) is 8.04. The molecule has 1 saturated carbocycles. The maximum atomic E-state index is 5.99. The normalized spacial score (nSPS) is 28.5. The van der Waals surface area contributed by atoms with Gasteiger partial charge in [0.25, 0.3) is 0 Å². The first-order chi connectivity index (χ1) is 8.72. The zero-order valence-corrected chi connectivity index (χ0v) is 12.7. The van der Waals surface area contributed by atoms with Crippen LogP contribution < -0.4 is 5.32 Å². The summed E-state index contributed by atoms with van der Waals surface area (Å²) < 4.78 is 5.99. The van der Waals surface area contributed by atoms with Crippen molar-refractivity contribution in [1.82, 2.24) is 5.32 Å². The summed E-state index contributed by atoms with van der Waals surface area (Å²) in [5.74, 6) is 1.70. The molecule has 0 aromatic carbocycles. The van der Waals surface area contributed by atoms with Crippen LogP contribution in [-0.2, 0) is 4.74 Å². The average molecular weight is 255 g/mol. The van der Waals surface area contributed by atoms with Gasteiger partial charge in [0.1, 0.15) is 0 Å². The molecule has 1 rings (SSSR count). The Morgan fingerprint density at radius 1 is 0.944 bits per heavy atom. The van der Waals surface area contributed by atoms with Crippen molar-refractivity contribution < 1.29 is 4.74 Å². The molecule has 2 unspecified atom stereocenters. The van der Waals surface area contributed by atoms with Crippen molar-refractivity contribution in [2.75, 3.05) is 19.7 Å². The van der Waals surface area contributed by atoms with Gasteiger partial charge in [-0.2, -0.15) is 0 Å². The van der Waals surface area contributed by atoms with Crippen molar-refractivity contribution in [3.63, 3.8) is 0 Å². The third-order valence-electron chi connectivity index (χ3n) is 3.97. The lowest BCUT2D eigenvalue weighted by atomic mass is 9.82. The Hall–Kier alpha value is -0.0800. The van der Waals surface area contributed by atoms with E-state index >= 15 is 0 Å². The number of hydrogen-bond acceptors (Lipinski definition) is 2. The van der Waals surface area contributed by atoms with Gasteiger partial charge in [0, 0.05) is 6.54 Å². The summed E-state index contributed by atoms with van der Waals surface area (Å²) in [6, 6.07) is 0. The molecule has 0 bridgehead atoms. The second-order valence-corrected chi connectivity index (χ2v) is 6.22. The van der Waals surface area contributed by atoms with Gasteiger partial charge in [0.05, 0.1) is 12.7 Å². The van der Waals surface area contributed by atoms with Crippen LogP contribution in [0.4, 0.5) is 0 Å². The van der Waals surface area contributed by atoms with E-state index in [0.717, 1.165) is 31.5 Å². The summed E-state index contributed by atoms with van der Waals surface area (Å²) >= 11 is 0. The summed E-state index contributed by atoms with van der Waals surface area (Å²) in [5, 5.41) is 3.48. The minimum atomic E-state index is 0.519. The van der Waals surface area contributed by atoms with Crippen LogP contribution in [-0.4, -0.2) is 25.8 Å². The molecule has 1 aliphatic rings. The molecule has 2 nitrogen and oxygen atoms in total. The summed E-state index contributed by atoms with van der Waals surface area (Å²) in [6.07, 6.45) is 9.80. The highest BCUT2D eigenvalue weighted by atomic mass is 16.5. The fourth-order valence-electron chi connectivity index (χ4n) is 3.11. The van der Waals surface area contributed by atoms with E-state index in [4.69, 9.17) is 4.74 Å². The van der Waals surface area contributed by atoms with Gasteiger partial charge in [0.15, 0.2) is 0 Å². The molecule has 0 aromatic heterocycles. The quantitative estimate of drug-likeness (QED) is 0.629. The number of ether oxygens (including phenoxy) is 1. The highest BCUT2D eigenvalue weighted by Crippen LogP contribution is 2.30. The largest absolute Gasteiger partial charge is 0.377 e. The van der Waals surface area contributed by atoms with Crippen LogP contribution in [0.15, 0.2) is 0 Å². The molecule has 0 amide bonds. The third kappa shape index (κ3) is 7.38. The molecule has 0 saturated heterocycles. The molecule has 108 valence electrons. The number of rotatable bonds is 9. The molecule has 0 aliphatic heterocycles. The maximum absolute atomic E-state index is 5.99. The monoisotopic (exact) mass is 255 g/mol. The summed E-state index contributed by atoms with van der Waals surface area (Å²) in [4.78, 5) is 0. The molecule has 1 fully saturated rings. The lowest BCUT2D eigenvalue weighted by molar-refractivity contribution is 0.00274.